The lowest BCUT2D eigenvalue weighted by Gasteiger charge is -2.38. The van der Waals surface area contributed by atoms with E-state index >= 15 is 0 Å². The number of halogens is 1. The Morgan fingerprint density at radius 3 is 2.67 bits per heavy atom. The van der Waals surface area contributed by atoms with Crippen LogP contribution in [0.5, 0.6) is 0 Å². The van der Waals surface area contributed by atoms with Crippen LogP contribution < -0.4 is 0 Å². The quantitative estimate of drug-likeness (QED) is 0.778. The van der Waals surface area contributed by atoms with Crippen LogP contribution in [0, 0.1) is 11.8 Å². The van der Waals surface area contributed by atoms with Crippen LogP contribution in [0.2, 0.25) is 0 Å². The second-order valence-electron chi connectivity index (χ2n) is 4.57. The van der Waals surface area contributed by atoms with Gasteiger partial charge in [0, 0.05) is 35.5 Å². The highest BCUT2D eigenvalue weighted by atomic mass is 79.9. The predicted octanol–water partition coefficient (Wildman–Crippen LogP) is 2.99. The van der Waals surface area contributed by atoms with Gasteiger partial charge in [-0.2, -0.15) is 0 Å². The third kappa shape index (κ3) is 2.80. The number of aromatic nitrogens is 1. The van der Waals surface area contributed by atoms with Crippen LogP contribution in [0.25, 0.3) is 0 Å². The molecule has 1 saturated heterocycles. The maximum absolute atomic E-state index is 4.15. The third-order valence-corrected chi connectivity index (χ3v) is 5.58. The lowest BCUT2D eigenvalue weighted by molar-refractivity contribution is 0.144. The van der Waals surface area contributed by atoms with Crippen molar-refractivity contribution in [3.63, 3.8) is 0 Å². The highest BCUT2D eigenvalue weighted by Crippen LogP contribution is 2.29. The summed E-state index contributed by atoms with van der Waals surface area (Å²) in [6.45, 7) is 8.11. The van der Waals surface area contributed by atoms with Crippen LogP contribution in [-0.2, 0) is 6.54 Å². The van der Waals surface area contributed by atoms with Gasteiger partial charge in [-0.25, -0.2) is 4.37 Å². The molecule has 0 radical (unpaired) electrons. The zero-order valence-electron chi connectivity index (χ0n) is 9.19. The average molecular weight is 289 g/mol. The topological polar surface area (TPSA) is 16.1 Å². The predicted molar refractivity (Wildman–Crippen MR) is 68.4 cm³/mol. The van der Waals surface area contributed by atoms with Crippen LogP contribution in [0.4, 0.5) is 0 Å². The molecule has 1 aromatic rings. The molecule has 1 aromatic heterocycles. The zero-order chi connectivity index (χ0) is 10.8. The molecule has 2 heterocycles. The summed E-state index contributed by atoms with van der Waals surface area (Å²) in [6, 6.07) is 2.13. The Bertz CT molecular complexity index is 290. The number of likely N-dealkylation sites (tertiary alicyclic amines) is 1. The Labute approximate surface area is 104 Å². The molecule has 0 amide bonds. The van der Waals surface area contributed by atoms with Crippen molar-refractivity contribution in [3.8, 4) is 0 Å². The van der Waals surface area contributed by atoms with Gasteiger partial charge in [0.15, 0.2) is 0 Å². The van der Waals surface area contributed by atoms with Crippen molar-refractivity contribution in [3.05, 3.63) is 17.1 Å². The van der Waals surface area contributed by atoms with Gasteiger partial charge in [-0.05, 0) is 29.4 Å². The van der Waals surface area contributed by atoms with Crippen molar-refractivity contribution >= 4 is 27.5 Å². The first-order valence-corrected chi connectivity index (χ1v) is 7.11. The summed E-state index contributed by atoms with van der Waals surface area (Å²) < 4.78 is 4.15. The fourth-order valence-corrected chi connectivity index (χ4v) is 3.28. The molecular weight excluding hydrogens is 272 g/mol. The maximum atomic E-state index is 4.15. The van der Waals surface area contributed by atoms with Gasteiger partial charge < -0.3 is 0 Å². The summed E-state index contributed by atoms with van der Waals surface area (Å²) in [5.41, 5.74) is 0. The Morgan fingerprint density at radius 2 is 2.13 bits per heavy atom. The fraction of sp³-hybridized carbons (Fsp3) is 0.727. The summed E-state index contributed by atoms with van der Waals surface area (Å²) in [4.78, 5) is 4.60. The van der Waals surface area contributed by atoms with Gasteiger partial charge in [-0.15, -0.1) is 0 Å². The van der Waals surface area contributed by atoms with Crippen molar-refractivity contribution in [1.29, 1.82) is 0 Å². The largest absolute Gasteiger partial charge is 0.298 e. The minimum absolute atomic E-state index is 0.676. The molecular formula is C11H17BrN2S. The molecule has 1 aliphatic rings. The van der Waals surface area contributed by atoms with Crippen molar-refractivity contribution < 1.29 is 0 Å². The van der Waals surface area contributed by atoms with Crippen LogP contribution in [0.15, 0.2) is 12.3 Å². The molecule has 0 N–H and O–H groups in total. The number of hydrogen-bond donors (Lipinski definition) is 0. The van der Waals surface area contributed by atoms with E-state index in [1.807, 2.05) is 6.20 Å². The molecule has 1 fully saturated rings. The van der Waals surface area contributed by atoms with Crippen LogP contribution in [0.1, 0.15) is 18.7 Å². The second kappa shape index (κ2) is 4.93. The Balaban J connectivity index is 1.94. The maximum Gasteiger partial charge on any atom is 0.0410 e. The smallest absolute Gasteiger partial charge is 0.0410 e. The molecule has 0 bridgehead atoms. The highest BCUT2D eigenvalue weighted by Gasteiger charge is 2.29. The lowest BCUT2D eigenvalue weighted by Crippen LogP contribution is -2.44. The van der Waals surface area contributed by atoms with Crippen molar-refractivity contribution in [2.45, 2.75) is 25.2 Å². The van der Waals surface area contributed by atoms with Crippen molar-refractivity contribution in [1.82, 2.24) is 9.27 Å². The second-order valence-corrected chi connectivity index (χ2v) is 6.55. The molecule has 2 unspecified atom stereocenters. The third-order valence-electron chi connectivity index (χ3n) is 3.05. The standard InChI is InChI=1S/C11H17BrN2S/c1-8-5-14(6-9(2)11(8)12)7-10-3-4-13-15-10/h3-4,8-9,11H,5-7H2,1-2H3. The SMILES string of the molecule is CC1CN(Cc2ccns2)CC(C)C1Br. The average Bonchev–Trinajstić information content (AvgIpc) is 2.66. The van der Waals surface area contributed by atoms with Crippen LogP contribution >= 0.6 is 27.5 Å². The summed E-state index contributed by atoms with van der Waals surface area (Å²) in [6.07, 6.45) is 1.89. The van der Waals surface area contributed by atoms with Crippen LogP contribution in [-0.4, -0.2) is 27.2 Å². The van der Waals surface area contributed by atoms with Gasteiger partial charge in [0.25, 0.3) is 0 Å². The van der Waals surface area contributed by atoms with E-state index in [0.717, 1.165) is 18.4 Å². The van der Waals surface area contributed by atoms with Crippen molar-refractivity contribution in [2.75, 3.05) is 13.1 Å². The van der Waals surface area contributed by atoms with E-state index in [1.54, 1.807) is 11.5 Å². The molecule has 0 aromatic carbocycles. The minimum atomic E-state index is 0.676. The Hall–Kier alpha value is 0.0700. The number of alkyl halides is 1. The van der Waals surface area contributed by atoms with Gasteiger partial charge in [0.2, 0.25) is 0 Å². The van der Waals surface area contributed by atoms with Crippen LogP contribution in [0.3, 0.4) is 0 Å². The Morgan fingerprint density at radius 1 is 1.47 bits per heavy atom. The van der Waals surface area contributed by atoms with E-state index in [0.29, 0.717) is 4.83 Å². The number of nitrogens with zero attached hydrogens (tertiary/aromatic N) is 2. The first-order chi connectivity index (χ1) is 7.16. The first kappa shape index (κ1) is 11.6. The molecule has 2 atom stereocenters. The summed E-state index contributed by atoms with van der Waals surface area (Å²) in [5, 5.41) is 0. The molecule has 1 aliphatic heterocycles. The molecule has 4 heteroatoms. The molecule has 0 aliphatic carbocycles. The normalized spacial score (nSPS) is 33.1. The summed E-state index contributed by atoms with van der Waals surface area (Å²) in [7, 11) is 0. The Kier molecular flexibility index (Phi) is 3.80. The van der Waals surface area contributed by atoms with E-state index in [9.17, 15) is 0 Å². The molecule has 15 heavy (non-hydrogen) atoms. The summed E-state index contributed by atoms with van der Waals surface area (Å²) in [5.74, 6) is 1.48. The van der Waals surface area contributed by atoms with E-state index in [4.69, 9.17) is 0 Å². The zero-order valence-corrected chi connectivity index (χ0v) is 11.6. The van der Waals surface area contributed by atoms with Gasteiger partial charge in [0.1, 0.15) is 0 Å². The molecule has 0 spiro atoms. The van der Waals surface area contributed by atoms with Gasteiger partial charge in [-0.3, -0.25) is 4.90 Å². The summed E-state index contributed by atoms with van der Waals surface area (Å²) >= 11 is 5.40. The lowest BCUT2D eigenvalue weighted by atomic mass is 9.92. The minimum Gasteiger partial charge on any atom is -0.298 e. The molecule has 2 nitrogen and oxygen atoms in total. The number of piperidine rings is 1. The van der Waals surface area contributed by atoms with E-state index in [2.05, 4.69) is 45.1 Å². The van der Waals surface area contributed by atoms with Gasteiger partial charge in [0.05, 0.1) is 0 Å². The number of rotatable bonds is 2. The van der Waals surface area contributed by atoms with Gasteiger partial charge >= 0.3 is 0 Å². The van der Waals surface area contributed by atoms with E-state index in [-0.39, 0.29) is 0 Å². The molecule has 0 saturated carbocycles. The highest BCUT2D eigenvalue weighted by molar-refractivity contribution is 9.09. The first-order valence-electron chi connectivity index (χ1n) is 5.43. The fourth-order valence-electron chi connectivity index (χ4n) is 2.32. The van der Waals surface area contributed by atoms with E-state index < -0.39 is 0 Å². The van der Waals surface area contributed by atoms with Gasteiger partial charge in [-0.1, -0.05) is 29.8 Å². The number of hydrogen-bond acceptors (Lipinski definition) is 3. The molecule has 2 rings (SSSR count). The van der Waals surface area contributed by atoms with Crippen molar-refractivity contribution in [2.24, 2.45) is 11.8 Å². The van der Waals surface area contributed by atoms with E-state index in [1.165, 1.54) is 18.0 Å². The monoisotopic (exact) mass is 288 g/mol. The molecule has 84 valence electrons.